The molecule has 1 unspecified atom stereocenters. The number of nitrogens with one attached hydrogen (secondary N) is 1. The monoisotopic (exact) mass is 385 g/mol. The first-order valence-electron chi connectivity index (χ1n) is 6.01. The Morgan fingerprint density at radius 2 is 1.63 bits per heavy atom. The van der Waals surface area contributed by atoms with Crippen molar-refractivity contribution < 1.29 is 4.39 Å². The van der Waals surface area contributed by atoms with Gasteiger partial charge in [0.1, 0.15) is 5.82 Å². The number of hydrogen-bond donors (Lipinski definition) is 1. The topological polar surface area (TPSA) is 12.0 Å². The van der Waals surface area contributed by atoms with Gasteiger partial charge in [0.05, 0.1) is 5.69 Å². The summed E-state index contributed by atoms with van der Waals surface area (Å²) in [7, 11) is 0. The van der Waals surface area contributed by atoms with E-state index < -0.39 is 0 Å². The molecule has 2 rings (SSSR count). The van der Waals surface area contributed by atoms with E-state index in [4.69, 9.17) is 0 Å². The molecule has 0 fully saturated rings. The molecule has 2 aromatic rings. The maximum atomic E-state index is 12.8. The third-order valence-corrected chi connectivity index (χ3v) is 4.13. The summed E-state index contributed by atoms with van der Waals surface area (Å²) in [4.78, 5) is 0. The number of benzene rings is 2. The summed E-state index contributed by atoms with van der Waals surface area (Å²) >= 11 is 7.06. The summed E-state index contributed by atoms with van der Waals surface area (Å²) in [6.45, 7) is 2.11. The van der Waals surface area contributed by atoms with Crippen LogP contribution in [0.3, 0.4) is 0 Å². The van der Waals surface area contributed by atoms with Crippen LogP contribution in [0.25, 0.3) is 0 Å². The largest absolute Gasteiger partial charge is 0.380 e. The highest BCUT2D eigenvalue weighted by Gasteiger charge is 2.09. The first kappa shape index (κ1) is 14.5. The second-order valence-corrected chi connectivity index (χ2v) is 6.18. The Morgan fingerprint density at radius 3 is 2.21 bits per heavy atom. The van der Waals surface area contributed by atoms with Crippen LogP contribution in [0.15, 0.2) is 51.4 Å². The number of halogens is 3. The Balaban J connectivity index is 2.05. The van der Waals surface area contributed by atoms with E-state index in [1.807, 2.05) is 30.3 Å². The molecule has 100 valence electrons. The zero-order valence-electron chi connectivity index (χ0n) is 10.5. The second kappa shape index (κ2) is 6.53. The third kappa shape index (κ3) is 4.05. The molecule has 0 aromatic heterocycles. The van der Waals surface area contributed by atoms with Crippen LogP contribution in [0.1, 0.15) is 12.5 Å². The highest BCUT2D eigenvalue weighted by atomic mass is 79.9. The van der Waals surface area contributed by atoms with Gasteiger partial charge < -0.3 is 5.32 Å². The molecule has 0 amide bonds. The maximum absolute atomic E-state index is 12.8. The van der Waals surface area contributed by atoms with E-state index in [0.717, 1.165) is 26.6 Å². The van der Waals surface area contributed by atoms with E-state index in [1.54, 1.807) is 0 Å². The van der Waals surface area contributed by atoms with Gasteiger partial charge in [-0.3, -0.25) is 0 Å². The Bertz CT molecular complexity index is 534. The fourth-order valence-electron chi connectivity index (χ4n) is 1.91. The van der Waals surface area contributed by atoms with Crippen molar-refractivity contribution >= 4 is 37.5 Å². The van der Waals surface area contributed by atoms with Gasteiger partial charge in [-0.25, -0.2) is 4.39 Å². The lowest BCUT2D eigenvalue weighted by Gasteiger charge is -2.18. The van der Waals surface area contributed by atoms with Gasteiger partial charge in [-0.05, 0) is 75.0 Å². The van der Waals surface area contributed by atoms with Gasteiger partial charge >= 0.3 is 0 Å². The van der Waals surface area contributed by atoms with Crippen LogP contribution in [0.4, 0.5) is 10.1 Å². The van der Waals surface area contributed by atoms with Crippen molar-refractivity contribution in [3.63, 3.8) is 0 Å². The molecule has 1 atom stereocenters. The zero-order valence-corrected chi connectivity index (χ0v) is 13.6. The summed E-state index contributed by atoms with van der Waals surface area (Å²) in [5.41, 5.74) is 2.15. The molecular formula is C15H14Br2FN. The molecule has 0 aliphatic heterocycles. The lowest BCUT2D eigenvalue weighted by molar-refractivity contribution is 0.626. The molecular weight excluding hydrogens is 373 g/mol. The number of para-hydroxylation sites is 1. The van der Waals surface area contributed by atoms with Crippen LogP contribution in [-0.2, 0) is 6.42 Å². The zero-order chi connectivity index (χ0) is 13.8. The smallest absolute Gasteiger partial charge is 0.123 e. The van der Waals surface area contributed by atoms with Gasteiger partial charge in [0.2, 0.25) is 0 Å². The summed E-state index contributed by atoms with van der Waals surface area (Å²) in [6.07, 6.45) is 0.841. The summed E-state index contributed by atoms with van der Waals surface area (Å²) < 4.78 is 14.9. The molecule has 0 spiro atoms. The minimum absolute atomic E-state index is 0.196. The van der Waals surface area contributed by atoms with E-state index >= 15 is 0 Å². The summed E-state index contributed by atoms with van der Waals surface area (Å²) in [5, 5.41) is 3.45. The highest BCUT2D eigenvalue weighted by molar-refractivity contribution is 9.11. The van der Waals surface area contributed by atoms with Crippen molar-refractivity contribution in [3.8, 4) is 0 Å². The first-order valence-corrected chi connectivity index (χ1v) is 7.60. The van der Waals surface area contributed by atoms with Crippen LogP contribution >= 0.6 is 31.9 Å². The van der Waals surface area contributed by atoms with Gasteiger partial charge in [-0.2, -0.15) is 0 Å². The van der Waals surface area contributed by atoms with Crippen molar-refractivity contribution in [2.45, 2.75) is 19.4 Å². The molecule has 0 saturated carbocycles. The van der Waals surface area contributed by atoms with Crippen LogP contribution in [0, 0.1) is 5.82 Å². The molecule has 2 aromatic carbocycles. The fourth-order valence-corrected chi connectivity index (χ4v) is 3.13. The van der Waals surface area contributed by atoms with Gasteiger partial charge in [0.25, 0.3) is 0 Å². The van der Waals surface area contributed by atoms with E-state index in [0.29, 0.717) is 0 Å². The highest BCUT2D eigenvalue weighted by Crippen LogP contribution is 2.31. The van der Waals surface area contributed by atoms with Gasteiger partial charge in [-0.1, -0.05) is 18.2 Å². The van der Waals surface area contributed by atoms with Gasteiger partial charge in [0.15, 0.2) is 0 Å². The molecule has 0 aliphatic rings. The number of anilines is 1. The predicted octanol–water partition coefficient (Wildman–Crippen LogP) is 5.39. The van der Waals surface area contributed by atoms with Crippen LogP contribution in [0.2, 0.25) is 0 Å². The average Bonchev–Trinajstić information content (AvgIpc) is 2.37. The molecule has 0 bridgehead atoms. The normalized spacial score (nSPS) is 12.2. The van der Waals surface area contributed by atoms with Crippen molar-refractivity contribution in [1.82, 2.24) is 0 Å². The van der Waals surface area contributed by atoms with Crippen molar-refractivity contribution in [1.29, 1.82) is 0 Å². The second-order valence-electron chi connectivity index (χ2n) is 4.47. The fraction of sp³-hybridized carbons (Fsp3) is 0.200. The Kier molecular flexibility index (Phi) is 4.99. The summed E-state index contributed by atoms with van der Waals surface area (Å²) in [6, 6.07) is 12.9. The minimum atomic E-state index is -0.196. The SMILES string of the molecule is CC(Cc1ccc(F)cc1)Nc1c(Br)cccc1Br. The Morgan fingerprint density at radius 1 is 1.05 bits per heavy atom. The van der Waals surface area contributed by atoms with Crippen molar-refractivity contribution in [2.24, 2.45) is 0 Å². The molecule has 0 saturated heterocycles. The van der Waals surface area contributed by atoms with Crippen LogP contribution in [-0.4, -0.2) is 6.04 Å². The van der Waals surface area contributed by atoms with Gasteiger partial charge in [0, 0.05) is 15.0 Å². The maximum Gasteiger partial charge on any atom is 0.123 e. The van der Waals surface area contributed by atoms with Gasteiger partial charge in [-0.15, -0.1) is 0 Å². The Hall–Kier alpha value is -0.870. The van der Waals surface area contributed by atoms with E-state index in [1.165, 1.54) is 12.1 Å². The third-order valence-electron chi connectivity index (χ3n) is 2.81. The predicted molar refractivity (Wildman–Crippen MR) is 85.0 cm³/mol. The van der Waals surface area contributed by atoms with Crippen LogP contribution < -0.4 is 5.32 Å². The summed E-state index contributed by atoms with van der Waals surface area (Å²) in [5.74, 6) is -0.196. The minimum Gasteiger partial charge on any atom is -0.380 e. The molecule has 0 radical (unpaired) electrons. The molecule has 4 heteroatoms. The van der Waals surface area contributed by atoms with E-state index in [-0.39, 0.29) is 11.9 Å². The van der Waals surface area contributed by atoms with Crippen LogP contribution in [0.5, 0.6) is 0 Å². The van der Waals surface area contributed by atoms with E-state index in [2.05, 4.69) is 44.1 Å². The van der Waals surface area contributed by atoms with Crippen molar-refractivity contribution in [2.75, 3.05) is 5.32 Å². The number of hydrogen-bond acceptors (Lipinski definition) is 1. The molecule has 1 N–H and O–H groups in total. The Labute approximate surface area is 129 Å². The molecule has 0 heterocycles. The van der Waals surface area contributed by atoms with Crippen molar-refractivity contribution in [3.05, 3.63) is 62.8 Å². The molecule has 1 nitrogen and oxygen atoms in total. The average molecular weight is 387 g/mol. The molecule has 0 aliphatic carbocycles. The lowest BCUT2D eigenvalue weighted by Crippen LogP contribution is -2.18. The molecule has 19 heavy (non-hydrogen) atoms. The first-order chi connectivity index (χ1) is 9.06. The quantitative estimate of drug-likeness (QED) is 0.742. The standard InChI is InChI=1S/C15H14Br2FN/c1-10(9-11-5-7-12(18)8-6-11)19-15-13(16)3-2-4-14(15)17/h2-8,10,19H,9H2,1H3. The lowest BCUT2D eigenvalue weighted by atomic mass is 10.1. The number of rotatable bonds is 4. The van der Waals surface area contributed by atoms with E-state index in [9.17, 15) is 4.39 Å².